The zero-order chi connectivity index (χ0) is 13.5. The first kappa shape index (κ1) is 14.6. The molecule has 1 heterocycles. The molecule has 18 heavy (non-hydrogen) atoms. The first-order valence-corrected chi connectivity index (χ1v) is 6.09. The molecule has 0 fully saturated rings. The van der Waals surface area contributed by atoms with Gasteiger partial charge in [0, 0.05) is 6.54 Å². The molecule has 1 atom stereocenters. The standard InChI is InChI=1S/C12H16ClN3O2/c1-3-5-9(17)7-14-11-10(13)8-15-16(6-4-2)12(11)18/h2,8-9,14,17H,3,5-7H2,1H3. The minimum Gasteiger partial charge on any atom is -0.391 e. The molecular formula is C12H16ClN3O2. The van der Waals surface area contributed by atoms with Crippen molar-refractivity contribution in [3.8, 4) is 12.3 Å². The quantitative estimate of drug-likeness (QED) is 0.759. The molecule has 1 rings (SSSR count). The molecule has 0 aliphatic rings. The minimum absolute atomic E-state index is 0.0855. The molecule has 0 amide bonds. The third kappa shape index (κ3) is 3.76. The van der Waals surface area contributed by atoms with E-state index < -0.39 is 6.10 Å². The average molecular weight is 270 g/mol. The summed E-state index contributed by atoms with van der Waals surface area (Å²) in [6.07, 6.45) is 7.51. The number of aliphatic hydroxyl groups is 1. The molecule has 98 valence electrons. The van der Waals surface area contributed by atoms with Crippen LogP contribution >= 0.6 is 11.6 Å². The number of hydrogen-bond donors (Lipinski definition) is 2. The van der Waals surface area contributed by atoms with Crippen molar-refractivity contribution in [3.05, 3.63) is 21.6 Å². The third-order valence-electron chi connectivity index (χ3n) is 2.38. The Kier molecular flexibility index (Phi) is 5.69. The van der Waals surface area contributed by atoms with Crippen LogP contribution in [0.1, 0.15) is 19.8 Å². The zero-order valence-electron chi connectivity index (χ0n) is 10.2. The van der Waals surface area contributed by atoms with E-state index in [9.17, 15) is 9.90 Å². The van der Waals surface area contributed by atoms with Crippen LogP contribution in [0.3, 0.4) is 0 Å². The number of anilines is 1. The summed E-state index contributed by atoms with van der Waals surface area (Å²) in [6.45, 7) is 2.33. The molecule has 1 unspecified atom stereocenters. The molecule has 0 aliphatic heterocycles. The van der Waals surface area contributed by atoms with Crippen molar-refractivity contribution in [2.45, 2.75) is 32.4 Å². The van der Waals surface area contributed by atoms with Crippen LogP contribution in [0.5, 0.6) is 0 Å². The van der Waals surface area contributed by atoms with Crippen LogP contribution in [0, 0.1) is 12.3 Å². The molecule has 5 nitrogen and oxygen atoms in total. The van der Waals surface area contributed by atoms with Crippen LogP contribution in [0.4, 0.5) is 5.69 Å². The number of aliphatic hydroxyl groups excluding tert-OH is 1. The van der Waals surface area contributed by atoms with Crippen molar-refractivity contribution in [2.24, 2.45) is 0 Å². The van der Waals surface area contributed by atoms with Gasteiger partial charge in [-0.25, -0.2) is 4.68 Å². The maximum Gasteiger partial charge on any atom is 0.292 e. The lowest BCUT2D eigenvalue weighted by atomic mass is 10.2. The van der Waals surface area contributed by atoms with Crippen molar-refractivity contribution in [2.75, 3.05) is 11.9 Å². The van der Waals surface area contributed by atoms with Crippen molar-refractivity contribution in [1.82, 2.24) is 9.78 Å². The zero-order valence-corrected chi connectivity index (χ0v) is 10.9. The molecule has 0 spiro atoms. The molecule has 0 radical (unpaired) electrons. The fourth-order valence-electron chi connectivity index (χ4n) is 1.48. The molecule has 1 aromatic rings. The maximum atomic E-state index is 11.9. The number of hydrogen-bond acceptors (Lipinski definition) is 4. The maximum absolute atomic E-state index is 11.9. The molecule has 6 heteroatoms. The first-order valence-electron chi connectivity index (χ1n) is 5.71. The normalized spacial score (nSPS) is 11.9. The van der Waals surface area contributed by atoms with E-state index in [-0.39, 0.29) is 29.4 Å². The third-order valence-corrected chi connectivity index (χ3v) is 2.66. The van der Waals surface area contributed by atoms with Gasteiger partial charge in [0.2, 0.25) is 0 Å². The van der Waals surface area contributed by atoms with Crippen LogP contribution in [-0.4, -0.2) is 27.5 Å². The first-order chi connectivity index (χ1) is 8.60. The Morgan fingerprint density at radius 2 is 2.44 bits per heavy atom. The van der Waals surface area contributed by atoms with Crippen LogP contribution in [-0.2, 0) is 6.54 Å². The van der Waals surface area contributed by atoms with E-state index in [0.717, 1.165) is 11.1 Å². The Morgan fingerprint density at radius 1 is 1.72 bits per heavy atom. The smallest absolute Gasteiger partial charge is 0.292 e. The highest BCUT2D eigenvalue weighted by Gasteiger charge is 2.11. The van der Waals surface area contributed by atoms with Gasteiger partial charge in [-0.3, -0.25) is 4.79 Å². The van der Waals surface area contributed by atoms with E-state index in [1.54, 1.807) is 0 Å². The second-order valence-corrected chi connectivity index (χ2v) is 4.27. The second kappa shape index (κ2) is 7.04. The van der Waals surface area contributed by atoms with E-state index in [4.69, 9.17) is 18.0 Å². The number of terminal acetylenes is 1. The molecule has 1 aromatic heterocycles. The lowest BCUT2D eigenvalue weighted by Crippen LogP contribution is -2.28. The van der Waals surface area contributed by atoms with Crippen molar-refractivity contribution >= 4 is 17.3 Å². The van der Waals surface area contributed by atoms with Crippen LogP contribution < -0.4 is 10.9 Å². The summed E-state index contributed by atoms with van der Waals surface area (Å²) < 4.78 is 1.14. The Bertz CT molecular complexity index is 493. The average Bonchev–Trinajstić information content (AvgIpc) is 2.33. The SMILES string of the molecule is C#CCn1ncc(Cl)c(NCC(O)CCC)c1=O. The van der Waals surface area contributed by atoms with E-state index in [2.05, 4.69) is 16.3 Å². The highest BCUT2D eigenvalue weighted by atomic mass is 35.5. The Balaban J connectivity index is 2.85. The summed E-state index contributed by atoms with van der Waals surface area (Å²) in [6, 6.07) is 0. The monoisotopic (exact) mass is 269 g/mol. The molecule has 0 aliphatic carbocycles. The molecular weight excluding hydrogens is 254 g/mol. The van der Waals surface area contributed by atoms with Crippen LogP contribution in [0.25, 0.3) is 0 Å². The Morgan fingerprint density at radius 3 is 3.06 bits per heavy atom. The Labute approximate surface area is 111 Å². The van der Waals surface area contributed by atoms with Gasteiger partial charge in [0.05, 0.1) is 17.3 Å². The van der Waals surface area contributed by atoms with Crippen molar-refractivity contribution in [3.63, 3.8) is 0 Å². The van der Waals surface area contributed by atoms with E-state index >= 15 is 0 Å². The number of rotatable bonds is 6. The molecule has 0 saturated heterocycles. The summed E-state index contributed by atoms with van der Waals surface area (Å²) in [5.41, 5.74) is -0.166. The number of halogens is 1. The van der Waals surface area contributed by atoms with Gasteiger partial charge in [0.15, 0.2) is 0 Å². The molecule has 0 aromatic carbocycles. The van der Waals surface area contributed by atoms with Crippen molar-refractivity contribution < 1.29 is 5.11 Å². The summed E-state index contributed by atoms with van der Waals surface area (Å²) in [4.78, 5) is 11.9. The van der Waals surface area contributed by atoms with Gasteiger partial charge in [-0.1, -0.05) is 30.9 Å². The molecule has 2 N–H and O–H groups in total. The minimum atomic E-state index is -0.514. The number of nitrogens with zero attached hydrogens (tertiary/aromatic N) is 2. The highest BCUT2D eigenvalue weighted by Crippen LogP contribution is 2.15. The summed E-state index contributed by atoms with van der Waals surface area (Å²) in [5.74, 6) is 2.34. The second-order valence-electron chi connectivity index (χ2n) is 3.86. The van der Waals surface area contributed by atoms with Crippen molar-refractivity contribution in [1.29, 1.82) is 0 Å². The summed E-state index contributed by atoms with van der Waals surface area (Å²) >= 11 is 5.89. The number of nitrogens with one attached hydrogen (secondary N) is 1. The van der Waals surface area contributed by atoms with Gasteiger partial charge < -0.3 is 10.4 Å². The van der Waals surface area contributed by atoms with Gasteiger partial charge in [-0.15, -0.1) is 6.42 Å². The van der Waals surface area contributed by atoms with Crippen LogP contribution in [0.15, 0.2) is 11.0 Å². The highest BCUT2D eigenvalue weighted by molar-refractivity contribution is 6.32. The Hall–Kier alpha value is -1.51. The van der Waals surface area contributed by atoms with Gasteiger partial charge in [-0.2, -0.15) is 5.10 Å². The summed E-state index contributed by atoms with van der Waals surface area (Å²) in [7, 11) is 0. The topological polar surface area (TPSA) is 67.2 Å². The predicted molar refractivity (Wildman–Crippen MR) is 71.7 cm³/mol. The van der Waals surface area contributed by atoms with Gasteiger partial charge in [0.25, 0.3) is 5.56 Å². The largest absolute Gasteiger partial charge is 0.391 e. The lowest BCUT2D eigenvalue weighted by Gasteiger charge is -2.13. The predicted octanol–water partition coefficient (Wildman–Crippen LogP) is 1.10. The van der Waals surface area contributed by atoms with E-state index in [0.29, 0.717) is 6.42 Å². The van der Waals surface area contributed by atoms with E-state index in [1.165, 1.54) is 6.20 Å². The van der Waals surface area contributed by atoms with Gasteiger partial charge >= 0.3 is 0 Å². The molecule has 0 bridgehead atoms. The van der Waals surface area contributed by atoms with Gasteiger partial charge in [0.1, 0.15) is 12.2 Å². The van der Waals surface area contributed by atoms with Crippen LogP contribution in [0.2, 0.25) is 5.02 Å². The lowest BCUT2D eigenvalue weighted by molar-refractivity contribution is 0.176. The summed E-state index contributed by atoms with van der Waals surface area (Å²) in [5, 5.41) is 16.5. The van der Waals surface area contributed by atoms with Gasteiger partial charge in [-0.05, 0) is 6.42 Å². The fourth-order valence-corrected chi connectivity index (χ4v) is 1.67. The number of aromatic nitrogens is 2. The molecule has 0 saturated carbocycles. The fraction of sp³-hybridized carbons (Fsp3) is 0.500. The van der Waals surface area contributed by atoms with E-state index in [1.807, 2.05) is 6.92 Å².